The number of aromatic amines is 1. The second-order valence-corrected chi connectivity index (χ2v) is 11.0. The van der Waals surface area contributed by atoms with E-state index in [1.54, 1.807) is 6.92 Å². The molecule has 2 aliphatic rings. The summed E-state index contributed by atoms with van der Waals surface area (Å²) in [7, 11) is -3.78. The number of aliphatic hydroxyl groups excluding tert-OH is 2. The molecule has 33 heavy (non-hydrogen) atoms. The number of fused-ring (bicyclic) bond motifs is 1. The third-order valence-corrected chi connectivity index (χ3v) is 9.49. The maximum absolute atomic E-state index is 13.2. The number of rotatable bonds is 8. The van der Waals surface area contributed by atoms with Gasteiger partial charge < -0.3 is 34.9 Å². The minimum atomic E-state index is -3.78. The summed E-state index contributed by atoms with van der Waals surface area (Å²) in [6.45, 7) is 5.32. The van der Waals surface area contributed by atoms with Crippen LogP contribution in [0.15, 0.2) is 17.1 Å². The van der Waals surface area contributed by atoms with Crippen molar-refractivity contribution in [3.8, 4) is 0 Å². The van der Waals surface area contributed by atoms with Crippen molar-refractivity contribution in [3.63, 3.8) is 0 Å². The lowest BCUT2D eigenvalue weighted by Gasteiger charge is -2.47. The zero-order valence-corrected chi connectivity index (χ0v) is 19.7. The predicted molar refractivity (Wildman–Crippen MR) is 119 cm³/mol. The van der Waals surface area contributed by atoms with Gasteiger partial charge in [0.05, 0.1) is 23.7 Å². The number of H-pyrrole nitrogens is 1. The number of nitrogens with one attached hydrogen (secondary N) is 1. The van der Waals surface area contributed by atoms with Crippen LogP contribution in [0, 0.1) is 0 Å². The zero-order chi connectivity index (χ0) is 24.2. The van der Waals surface area contributed by atoms with Crippen molar-refractivity contribution < 1.29 is 33.7 Å². The Morgan fingerprint density at radius 2 is 2.06 bits per heavy atom. The molecule has 12 nitrogen and oxygen atoms in total. The molecule has 2 unspecified atom stereocenters. The first-order chi connectivity index (χ1) is 15.5. The van der Waals surface area contributed by atoms with Crippen LogP contribution in [0.4, 0.5) is 5.95 Å². The van der Waals surface area contributed by atoms with Gasteiger partial charge in [-0.05, 0) is 25.3 Å². The molecule has 0 spiro atoms. The van der Waals surface area contributed by atoms with Crippen LogP contribution < -0.4 is 11.3 Å². The van der Waals surface area contributed by atoms with Gasteiger partial charge in [0.2, 0.25) is 5.95 Å². The minimum Gasteiger partial charge on any atom is -0.388 e. The van der Waals surface area contributed by atoms with Crippen LogP contribution in [0.1, 0.15) is 52.7 Å². The van der Waals surface area contributed by atoms with Crippen molar-refractivity contribution in [2.24, 2.45) is 0 Å². The van der Waals surface area contributed by atoms with Gasteiger partial charge >= 0.3 is 7.60 Å². The van der Waals surface area contributed by atoms with Crippen LogP contribution >= 0.6 is 7.60 Å². The molecule has 4 heterocycles. The lowest BCUT2D eigenvalue weighted by molar-refractivity contribution is -0.0984. The maximum Gasteiger partial charge on any atom is 0.364 e. The van der Waals surface area contributed by atoms with Gasteiger partial charge in [0.25, 0.3) is 5.56 Å². The van der Waals surface area contributed by atoms with E-state index in [1.165, 1.54) is 16.8 Å². The molecule has 0 amide bonds. The molecule has 184 valence electrons. The van der Waals surface area contributed by atoms with E-state index in [0.29, 0.717) is 12.8 Å². The van der Waals surface area contributed by atoms with Crippen LogP contribution in [0.25, 0.3) is 11.0 Å². The van der Waals surface area contributed by atoms with E-state index in [4.69, 9.17) is 19.5 Å². The summed E-state index contributed by atoms with van der Waals surface area (Å²) in [5, 5.41) is 30.8. The van der Waals surface area contributed by atoms with Gasteiger partial charge in [0.1, 0.15) is 12.2 Å². The highest BCUT2D eigenvalue weighted by Crippen LogP contribution is 2.70. The summed E-state index contributed by atoms with van der Waals surface area (Å²) in [4.78, 5) is 18.7. The van der Waals surface area contributed by atoms with Crippen LogP contribution in [-0.2, 0) is 18.3 Å². The standard InChI is InChI=1S/C20H31N4O8P/c1-4-19(5-2,32-33(29)20(28,6-3)10-30-33)9-12-13(25)14(26)17(31-12)24-8-7-11-15(24)22-18(21)23-16(11)27/h7-8,12-14,17,25-26,28H,4-6,9-10H2,1-3H3,(H3,21,22,23,27)/t12-,13-,14-,17-,20?,33?/m1/s1. The van der Waals surface area contributed by atoms with Crippen molar-refractivity contribution in [3.05, 3.63) is 22.6 Å². The Morgan fingerprint density at radius 3 is 2.64 bits per heavy atom. The molecule has 13 heteroatoms. The Kier molecular flexibility index (Phi) is 6.24. The van der Waals surface area contributed by atoms with Crippen molar-refractivity contribution in [1.82, 2.24) is 14.5 Å². The lowest BCUT2D eigenvalue weighted by atomic mass is 9.88. The number of nitrogens with two attached hydrogens (primary N) is 1. The number of ether oxygens (including phenoxy) is 1. The molecule has 6 atom stereocenters. The van der Waals surface area contributed by atoms with Gasteiger partial charge in [-0.2, -0.15) is 4.98 Å². The molecule has 0 bridgehead atoms. The van der Waals surface area contributed by atoms with Crippen molar-refractivity contribution in [1.29, 1.82) is 0 Å². The summed E-state index contributed by atoms with van der Waals surface area (Å²) in [5.74, 6) is -0.0879. The number of aromatic nitrogens is 3. The van der Waals surface area contributed by atoms with Crippen molar-refractivity contribution >= 4 is 24.6 Å². The summed E-state index contributed by atoms with van der Waals surface area (Å²) >= 11 is 0. The molecule has 0 saturated carbocycles. The third-order valence-electron chi connectivity index (χ3n) is 6.93. The monoisotopic (exact) mass is 486 g/mol. The van der Waals surface area contributed by atoms with Crippen LogP contribution in [0.2, 0.25) is 0 Å². The molecule has 4 rings (SSSR count). The number of hydrogen-bond donors (Lipinski definition) is 5. The maximum atomic E-state index is 13.2. The van der Waals surface area contributed by atoms with E-state index in [-0.39, 0.29) is 36.4 Å². The topological polar surface area (TPSA) is 182 Å². The minimum absolute atomic E-state index is 0.0659. The molecule has 0 aliphatic carbocycles. The fourth-order valence-electron chi connectivity index (χ4n) is 4.45. The van der Waals surface area contributed by atoms with Crippen molar-refractivity contribution in [2.45, 2.75) is 81.9 Å². The van der Waals surface area contributed by atoms with Crippen LogP contribution in [0.5, 0.6) is 0 Å². The largest absolute Gasteiger partial charge is 0.388 e. The molecule has 2 fully saturated rings. The number of hydrogen-bond acceptors (Lipinski definition) is 10. The Hall–Kier alpha value is -1.79. The quantitative estimate of drug-likeness (QED) is 0.340. The summed E-state index contributed by atoms with van der Waals surface area (Å²) in [6.07, 6.45) is -1.89. The molecule has 2 saturated heterocycles. The van der Waals surface area contributed by atoms with Crippen molar-refractivity contribution in [2.75, 3.05) is 12.3 Å². The Bertz CT molecular complexity index is 1130. The number of nitrogens with zero attached hydrogens (tertiary/aromatic N) is 2. The van der Waals surface area contributed by atoms with Crippen LogP contribution in [-0.4, -0.2) is 65.7 Å². The summed E-state index contributed by atoms with van der Waals surface area (Å²) in [6, 6.07) is 1.52. The number of nitrogen functional groups attached to an aromatic ring is 1. The first-order valence-corrected chi connectivity index (χ1v) is 12.6. The first kappa shape index (κ1) is 24.3. The van der Waals surface area contributed by atoms with Gasteiger partial charge in [0, 0.05) is 12.6 Å². The van der Waals surface area contributed by atoms with Gasteiger partial charge in [-0.3, -0.25) is 18.9 Å². The van der Waals surface area contributed by atoms with E-state index in [0.717, 1.165) is 0 Å². The average Bonchev–Trinajstić information content (AvgIpc) is 3.33. The molecule has 6 N–H and O–H groups in total. The van der Waals surface area contributed by atoms with Gasteiger partial charge in [-0.1, -0.05) is 20.8 Å². The third kappa shape index (κ3) is 3.83. The molecule has 2 aliphatic heterocycles. The Labute approximate surface area is 190 Å². The van der Waals surface area contributed by atoms with E-state index >= 15 is 0 Å². The highest BCUT2D eigenvalue weighted by molar-refractivity contribution is 7.56. The molecule has 0 aromatic carbocycles. The van der Waals surface area contributed by atoms with E-state index in [2.05, 4.69) is 9.97 Å². The average molecular weight is 486 g/mol. The first-order valence-electron chi connectivity index (χ1n) is 11.1. The van der Waals surface area contributed by atoms with Gasteiger partial charge in [-0.15, -0.1) is 0 Å². The summed E-state index contributed by atoms with van der Waals surface area (Å²) < 4.78 is 31.8. The SMILES string of the molecule is CCC(CC)(C[C@H]1O[C@@H](n2ccc3c(=O)[nH]c(N)nc32)[C@H](O)[C@@H]1O)OP1(=O)OCC1(O)CC. The predicted octanol–water partition coefficient (Wildman–Crippen LogP) is 1.21. The van der Waals surface area contributed by atoms with E-state index in [9.17, 15) is 24.7 Å². The molecular formula is C20H31N4O8P. The highest BCUT2D eigenvalue weighted by Gasteiger charge is 2.61. The molecular weight excluding hydrogens is 455 g/mol. The van der Waals surface area contributed by atoms with Crippen LogP contribution in [0.3, 0.4) is 0 Å². The molecule has 2 aromatic heterocycles. The Morgan fingerprint density at radius 1 is 1.36 bits per heavy atom. The molecule has 2 aromatic rings. The van der Waals surface area contributed by atoms with Gasteiger partial charge in [-0.25, -0.2) is 0 Å². The Balaban J connectivity index is 1.60. The second kappa shape index (κ2) is 8.46. The van der Waals surface area contributed by atoms with E-state index < -0.39 is 48.6 Å². The number of aliphatic hydroxyl groups is 3. The fourth-order valence-corrected chi connectivity index (χ4v) is 6.54. The van der Waals surface area contributed by atoms with Gasteiger partial charge in [0.15, 0.2) is 17.2 Å². The normalized spacial score (nSPS) is 34.6. The fraction of sp³-hybridized carbons (Fsp3) is 0.700. The zero-order valence-electron chi connectivity index (χ0n) is 18.8. The summed E-state index contributed by atoms with van der Waals surface area (Å²) in [5.41, 5.74) is 4.41. The van der Waals surface area contributed by atoms with E-state index in [1.807, 2.05) is 13.8 Å². The lowest BCUT2D eigenvalue weighted by Crippen LogP contribution is -2.48. The second-order valence-electron chi connectivity index (χ2n) is 8.75. The molecule has 0 radical (unpaired) electrons. The smallest absolute Gasteiger partial charge is 0.364 e. The number of anilines is 1. The highest BCUT2D eigenvalue weighted by atomic mass is 31.2.